The van der Waals surface area contributed by atoms with Gasteiger partial charge in [-0.25, -0.2) is 0 Å². The molecule has 0 saturated carbocycles. The van der Waals surface area contributed by atoms with E-state index in [1.807, 2.05) is 47.4 Å². The first-order valence-corrected chi connectivity index (χ1v) is 10.3. The first kappa shape index (κ1) is 20.4. The molecule has 1 N–H and O–H groups in total. The molecule has 0 spiro atoms. The fraction of sp³-hybridized carbons (Fsp3) is 0.391. The normalized spacial score (nSPS) is 16.8. The number of likely N-dealkylation sites (tertiary alicyclic amines) is 1. The second-order valence-corrected chi connectivity index (χ2v) is 7.77. The number of nitrogens with one attached hydrogen (secondary N) is 1. The number of hydrogen-bond acceptors (Lipinski definition) is 2. The predicted octanol–water partition coefficient (Wildman–Crippen LogP) is 3.87. The molecular formula is C23H27ClN2O2. The summed E-state index contributed by atoms with van der Waals surface area (Å²) >= 11 is 5.92. The molecule has 0 unspecified atom stereocenters. The molecule has 148 valence electrons. The molecule has 1 aliphatic rings. The van der Waals surface area contributed by atoms with Gasteiger partial charge in [0, 0.05) is 31.1 Å². The van der Waals surface area contributed by atoms with Crippen LogP contribution in [0.5, 0.6) is 0 Å². The summed E-state index contributed by atoms with van der Waals surface area (Å²) in [5.74, 6) is 0.0961. The summed E-state index contributed by atoms with van der Waals surface area (Å²) in [6.07, 6.45) is 3.73. The molecule has 1 fully saturated rings. The third-order valence-electron chi connectivity index (χ3n) is 5.24. The van der Waals surface area contributed by atoms with E-state index in [0.29, 0.717) is 37.5 Å². The van der Waals surface area contributed by atoms with Crippen LogP contribution < -0.4 is 5.32 Å². The highest BCUT2D eigenvalue weighted by Crippen LogP contribution is 2.19. The molecule has 0 radical (unpaired) electrons. The lowest BCUT2D eigenvalue weighted by atomic mass is 9.96. The molecule has 1 aliphatic heterocycles. The van der Waals surface area contributed by atoms with E-state index in [9.17, 15) is 9.59 Å². The van der Waals surface area contributed by atoms with Gasteiger partial charge in [-0.15, -0.1) is 0 Å². The standard InChI is InChI=1S/C23H27ClN2O2/c24-21-11-8-19(9-12-21)14-16-26-17-20(10-13-22(26)27)23(28)25-15-4-7-18-5-2-1-3-6-18/h1-3,5-6,8-9,11-12,20H,4,7,10,13-17H2,(H,25,28)/t20-/m0/s1. The van der Waals surface area contributed by atoms with Gasteiger partial charge >= 0.3 is 0 Å². The van der Waals surface area contributed by atoms with E-state index in [1.54, 1.807) is 0 Å². The molecule has 28 heavy (non-hydrogen) atoms. The van der Waals surface area contributed by atoms with Crippen LogP contribution in [0.15, 0.2) is 54.6 Å². The monoisotopic (exact) mass is 398 g/mol. The number of benzene rings is 2. The summed E-state index contributed by atoms with van der Waals surface area (Å²) in [5, 5.41) is 3.76. The Morgan fingerprint density at radius 3 is 2.50 bits per heavy atom. The largest absolute Gasteiger partial charge is 0.356 e. The predicted molar refractivity (Wildman–Crippen MR) is 112 cm³/mol. The second-order valence-electron chi connectivity index (χ2n) is 7.33. The van der Waals surface area contributed by atoms with Crippen molar-refractivity contribution < 1.29 is 9.59 Å². The van der Waals surface area contributed by atoms with Gasteiger partial charge in [0.05, 0.1) is 5.92 Å². The lowest BCUT2D eigenvalue weighted by Gasteiger charge is -2.32. The highest BCUT2D eigenvalue weighted by molar-refractivity contribution is 6.30. The Kier molecular flexibility index (Phi) is 7.49. The minimum Gasteiger partial charge on any atom is -0.356 e. The van der Waals surface area contributed by atoms with Crippen molar-refractivity contribution in [3.63, 3.8) is 0 Å². The minimum absolute atomic E-state index is 0.0667. The van der Waals surface area contributed by atoms with Crippen molar-refractivity contribution in [2.75, 3.05) is 19.6 Å². The molecule has 5 heteroatoms. The Labute approximate surface area is 171 Å². The SMILES string of the molecule is O=C(NCCCc1ccccc1)[C@H]1CCC(=O)N(CCc2ccc(Cl)cc2)C1. The number of nitrogens with zero attached hydrogens (tertiary/aromatic N) is 1. The van der Waals surface area contributed by atoms with Gasteiger partial charge in [0.15, 0.2) is 0 Å². The van der Waals surface area contributed by atoms with Gasteiger partial charge < -0.3 is 10.2 Å². The summed E-state index contributed by atoms with van der Waals surface area (Å²) < 4.78 is 0. The molecule has 0 bridgehead atoms. The van der Waals surface area contributed by atoms with E-state index in [4.69, 9.17) is 11.6 Å². The summed E-state index contributed by atoms with van der Waals surface area (Å²) in [7, 11) is 0. The summed E-state index contributed by atoms with van der Waals surface area (Å²) in [4.78, 5) is 26.6. The van der Waals surface area contributed by atoms with Gasteiger partial charge in [0.25, 0.3) is 0 Å². The zero-order valence-electron chi connectivity index (χ0n) is 16.1. The summed E-state index contributed by atoms with van der Waals surface area (Å²) in [6.45, 7) is 1.82. The van der Waals surface area contributed by atoms with Crippen LogP contribution in [-0.2, 0) is 22.4 Å². The maximum Gasteiger partial charge on any atom is 0.224 e. The molecule has 0 aliphatic carbocycles. The molecule has 1 atom stereocenters. The van der Waals surface area contributed by atoms with Crippen LogP contribution in [0.2, 0.25) is 5.02 Å². The van der Waals surface area contributed by atoms with Crippen molar-refractivity contribution >= 4 is 23.4 Å². The van der Waals surface area contributed by atoms with Crippen LogP contribution in [0.25, 0.3) is 0 Å². The molecule has 2 amide bonds. The van der Waals surface area contributed by atoms with Crippen LogP contribution >= 0.6 is 11.6 Å². The third kappa shape index (κ3) is 6.10. The first-order valence-electron chi connectivity index (χ1n) is 9.95. The number of rotatable bonds is 8. The second kappa shape index (κ2) is 10.3. The fourth-order valence-electron chi connectivity index (χ4n) is 3.55. The van der Waals surface area contributed by atoms with Gasteiger partial charge in [0.1, 0.15) is 0 Å². The molecule has 1 saturated heterocycles. The van der Waals surface area contributed by atoms with Crippen molar-refractivity contribution in [1.29, 1.82) is 0 Å². The van der Waals surface area contributed by atoms with Crippen molar-refractivity contribution in [3.8, 4) is 0 Å². The average molecular weight is 399 g/mol. The third-order valence-corrected chi connectivity index (χ3v) is 5.49. The summed E-state index contributed by atoms with van der Waals surface area (Å²) in [5.41, 5.74) is 2.43. The number of hydrogen-bond donors (Lipinski definition) is 1. The molecule has 0 aromatic heterocycles. The van der Waals surface area contributed by atoms with E-state index in [-0.39, 0.29) is 17.7 Å². The molecule has 2 aromatic rings. The van der Waals surface area contributed by atoms with Gasteiger partial charge in [-0.1, -0.05) is 54.1 Å². The molecule has 2 aromatic carbocycles. The fourth-order valence-corrected chi connectivity index (χ4v) is 3.68. The Morgan fingerprint density at radius 1 is 1.04 bits per heavy atom. The highest BCUT2D eigenvalue weighted by atomic mass is 35.5. The van der Waals surface area contributed by atoms with Crippen LogP contribution in [0.3, 0.4) is 0 Å². The lowest BCUT2D eigenvalue weighted by Crippen LogP contribution is -2.46. The lowest BCUT2D eigenvalue weighted by molar-refractivity contribution is -0.138. The van der Waals surface area contributed by atoms with Crippen LogP contribution in [0, 0.1) is 5.92 Å². The number of piperidine rings is 1. The Balaban J connectivity index is 1.41. The number of carbonyl (C=O) groups is 2. The maximum absolute atomic E-state index is 12.5. The van der Waals surface area contributed by atoms with Crippen molar-refractivity contribution in [2.45, 2.75) is 32.1 Å². The zero-order valence-corrected chi connectivity index (χ0v) is 16.8. The molecule has 3 rings (SSSR count). The van der Waals surface area contributed by atoms with E-state index >= 15 is 0 Å². The van der Waals surface area contributed by atoms with Gasteiger partial charge in [-0.3, -0.25) is 9.59 Å². The first-order chi connectivity index (χ1) is 13.6. The zero-order chi connectivity index (χ0) is 19.8. The van der Waals surface area contributed by atoms with E-state index in [2.05, 4.69) is 17.4 Å². The highest BCUT2D eigenvalue weighted by Gasteiger charge is 2.29. The Bertz CT molecular complexity index is 777. The van der Waals surface area contributed by atoms with Crippen molar-refractivity contribution in [1.82, 2.24) is 10.2 Å². The number of halogens is 1. The van der Waals surface area contributed by atoms with Crippen molar-refractivity contribution in [2.24, 2.45) is 5.92 Å². The van der Waals surface area contributed by atoms with Crippen LogP contribution in [-0.4, -0.2) is 36.3 Å². The number of aryl methyl sites for hydroxylation is 1. The number of carbonyl (C=O) groups excluding carboxylic acids is 2. The maximum atomic E-state index is 12.5. The smallest absolute Gasteiger partial charge is 0.224 e. The average Bonchev–Trinajstić information content (AvgIpc) is 2.72. The molecule has 4 nitrogen and oxygen atoms in total. The van der Waals surface area contributed by atoms with Gasteiger partial charge in [0.2, 0.25) is 11.8 Å². The summed E-state index contributed by atoms with van der Waals surface area (Å²) in [6, 6.07) is 18.0. The Morgan fingerprint density at radius 2 is 1.75 bits per heavy atom. The Hall–Kier alpha value is -2.33. The van der Waals surface area contributed by atoms with E-state index in [0.717, 1.165) is 24.8 Å². The minimum atomic E-state index is -0.111. The quantitative estimate of drug-likeness (QED) is 0.686. The number of amides is 2. The molecule has 1 heterocycles. The van der Waals surface area contributed by atoms with E-state index < -0.39 is 0 Å². The molecular weight excluding hydrogens is 372 g/mol. The topological polar surface area (TPSA) is 49.4 Å². The van der Waals surface area contributed by atoms with Crippen LogP contribution in [0.4, 0.5) is 0 Å². The van der Waals surface area contributed by atoms with Gasteiger partial charge in [-0.05, 0) is 48.9 Å². The van der Waals surface area contributed by atoms with Gasteiger partial charge in [-0.2, -0.15) is 0 Å². The van der Waals surface area contributed by atoms with E-state index in [1.165, 1.54) is 5.56 Å². The van der Waals surface area contributed by atoms with Crippen molar-refractivity contribution in [3.05, 3.63) is 70.7 Å². The van der Waals surface area contributed by atoms with Crippen LogP contribution in [0.1, 0.15) is 30.4 Å².